The molecule has 0 radical (unpaired) electrons. The van der Waals surface area contributed by atoms with E-state index in [0.29, 0.717) is 4.88 Å². The van der Waals surface area contributed by atoms with Crippen molar-refractivity contribution in [3.63, 3.8) is 0 Å². The van der Waals surface area contributed by atoms with Gasteiger partial charge >= 0.3 is 0 Å². The molecular formula is C14H13Br2NO2S. The van der Waals surface area contributed by atoms with E-state index in [4.69, 9.17) is 4.74 Å². The van der Waals surface area contributed by atoms with E-state index in [-0.39, 0.29) is 11.9 Å². The number of benzene rings is 1. The maximum absolute atomic E-state index is 12.2. The lowest BCUT2D eigenvalue weighted by Gasteiger charge is -2.16. The van der Waals surface area contributed by atoms with Crippen LogP contribution in [0.3, 0.4) is 0 Å². The molecule has 0 bridgehead atoms. The first-order chi connectivity index (χ1) is 9.52. The van der Waals surface area contributed by atoms with Crippen molar-refractivity contribution in [3.05, 3.63) is 49.0 Å². The third-order valence-corrected chi connectivity index (χ3v) is 6.08. The highest BCUT2D eigenvalue weighted by molar-refractivity contribution is 9.13. The molecule has 0 aliphatic rings. The van der Waals surface area contributed by atoms with Gasteiger partial charge in [-0.3, -0.25) is 4.79 Å². The highest BCUT2D eigenvalue weighted by Gasteiger charge is 2.17. The Hall–Kier alpha value is -0.850. The van der Waals surface area contributed by atoms with Crippen molar-refractivity contribution in [2.75, 3.05) is 7.11 Å². The number of amides is 1. The second-order valence-electron chi connectivity index (χ2n) is 4.17. The zero-order valence-electron chi connectivity index (χ0n) is 10.9. The highest BCUT2D eigenvalue weighted by atomic mass is 79.9. The normalized spacial score (nSPS) is 12.0. The molecule has 1 aromatic carbocycles. The van der Waals surface area contributed by atoms with Crippen LogP contribution in [0.1, 0.15) is 28.2 Å². The third kappa shape index (κ3) is 3.42. The smallest absolute Gasteiger partial charge is 0.261 e. The Balaban J connectivity index is 2.15. The molecule has 1 unspecified atom stereocenters. The standard InChI is InChI=1S/C14H13Br2NO2S/c1-8(9-5-3-4-6-11(9)19-2)17-14(18)12-7-10(15)13(16)20-12/h3-8H,1-2H3,(H,17,18). The summed E-state index contributed by atoms with van der Waals surface area (Å²) in [6.45, 7) is 1.94. The third-order valence-electron chi connectivity index (χ3n) is 2.82. The SMILES string of the molecule is COc1ccccc1C(C)NC(=O)c1cc(Br)c(Br)s1. The number of nitrogens with one attached hydrogen (secondary N) is 1. The topological polar surface area (TPSA) is 38.3 Å². The molecule has 106 valence electrons. The van der Waals surface area contributed by atoms with E-state index in [9.17, 15) is 4.79 Å². The van der Waals surface area contributed by atoms with Gasteiger partial charge in [0.25, 0.3) is 5.91 Å². The van der Waals surface area contributed by atoms with Crippen LogP contribution in [0.4, 0.5) is 0 Å². The van der Waals surface area contributed by atoms with Gasteiger partial charge in [0.05, 0.1) is 21.8 Å². The quantitative estimate of drug-likeness (QED) is 0.776. The summed E-state index contributed by atoms with van der Waals surface area (Å²) in [5.41, 5.74) is 0.957. The molecule has 1 heterocycles. The average Bonchev–Trinajstić information content (AvgIpc) is 2.78. The predicted octanol–water partition coefficient (Wildman–Crippen LogP) is 4.77. The van der Waals surface area contributed by atoms with Crippen LogP contribution in [0.15, 0.2) is 38.6 Å². The van der Waals surface area contributed by atoms with Gasteiger partial charge in [-0.25, -0.2) is 0 Å². The first-order valence-corrected chi connectivity index (χ1v) is 8.31. The van der Waals surface area contributed by atoms with Crippen LogP contribution in [-0.4, -0.2) is 13.0 Å². The number of carbonyl (C=O) groups excluding carboxylic acids is 1. The average molecular weight is 419 g/mol. The Bertz CT molecular complexity index is 608. The van der Waals surface area contributed by atoms with Crippen molar-refractivity contribution in [1.29, 1.82) is 0 Å². The molecule has 0 saturated carbocycles. The molecule has 0 spiro atoms. The van der Waals surface area contributed by atoms with Gasteiger partial charge in [-0.05, 0) is 50.9 Å². The summed E-state index contributed by atoms with van der Waals surface area (Å²) in [6.07, 6.45) is 0. The molecule has 1 amide bonds. The first-order valence-electron chi connectivity index (χ1n) is 5.91. The minimum Gasteiger partial charge on any atom is -0.496 e. The number of halogens is 2. The summed E-state index contributed by atoms with van der Waals surface area (Å²) in [5, 5.41) is 2.98. The fourth-order valence-electron chi connectivity index (χ4n) is 1.83. The summed E-state index contributed by atoms with van der Waals surface area (Å²) < 4.78 is 7.11. The molecule has 1 atom stereocenters. The maximum Gasteiger partial charge on any atom is 0.261 e. The monoisotopic (exact) mass is 417 g/mol. The van der Waals surface area contributed by atoms with Gasteiger partial charge in [-0.15, -0.1) is 11.3 Å². The number of ether oxygens (including phenoxy) is 1. The lowest BCUT2D eigenvalue weighted by Crippen LogP contribution is -2.26. The number of rotatable bonds is 4. The van der Waals surface area contributed by atoms with Gasteiger partial charge in [0, 0.05) is 10.0 Å². The molecule has 3 nitrogen and oxygen atoms in total. The minimum absolute atomic E-state index is 0.0974. The lowest BCUT2D eigenvalue weighted by molar-refractivity contribution is 0.0943. The zero-order chi connectivity index (χ0) is 14.7. The fraction of sp³-hybridized carbons (Fsp3) is 0.214. The minimum atomic E-state index is -0.127. The van der Waals surface area contributed by atoms with Gasteiger partial charge in [0.15, 0.2) is 0 Å². The largest absolute Gasteiger partial charge is 0.496 e. The second kappa shape index (κ2) is 6.74. The van der Waals surface area contributed by atoms with Crippen molar-refractivity contribution in [2.45, 2.75) is 13.0 Å². The molecule has 2 aromatic rings. The van der Waals surface area contributed by atoms with Crippen molar-refractivity contribution in [3.8, 4) is 5.75 Å². The van der Waals surface area contributed by atoms with Gasteiger partial charge < -0.3 is 10.1 Å². The predicted molar refractivity (Wildman–Crippen MR) is 88.6 cm³/mol. The van der Waals surface area contributed by atoms with E-state index in [1.165, 1.54) is 11.3 Å². The lowest BCUT2D eigenvalue weighted by atomic mass is 10.1. The number of methoxy groups -OCH3 is 1. The Morgan fingerprint density at radius 2 is 2.05 bits per heavy atom. The van der Waals surface area contributed by atoms with E-state index in [2.05, 4.69) is 37.2 Å². The van der Waals surface area contributed by atoms with Crippen molar-refractivity contribution < 1.29 is 9.53 Å². The van der Waals surface area contributed by atoms with Crippen LogP contribution in [0, 0.1) is 0 Å². The summed E-state index contributed by atoms with van der Waals surface area (Å²) in [4.78, 5) is 12.9. The summed E-state index contributed by atoms with van der Waals surface area (Å²) in [5.74, 6) is 0.675. The molecule has 20 heavy (non-hydrogen) atoms. The van der Waals surface area contributed by atoms with E-state index in [0.717, 1.165) is 19.6 Å². The van der Waals surface area contributed by atoms with E-state index >= 15 is 0 Å². The summed E-state index contributed by atoms with van der Waals surface area (Å²) in [7, 11) is 1.63. The molecule has 0 fully saturated rings. The van der Waals surface area contributed by atoms with Crippen LogP contribution < -0.4 is 10.1 Å². The molecule has 0 saturated heterocycles. The Labute approximate surface area is 138 Å². The number of hydrogen-bond donors (Lipinski definition) is 1. The Kier molecular flexibility index (Phi) is 5.23. The number of thiophene rings is 1. The first kappa shape index (κ1) is 15.5. The fourth-order valence-corrected chi connectivity index (χ4v) is 3.77. The zero-order valence-corrected chi connectivity index (χ0v) is 14.9. The Morgan fingerprint density at radius 1 is 1.35 bits per heavy atom. The highest BCUT2D eigenvalue weighted by Crippen LogP contribution is 2.33. The van der Waals surface area contributed by atoms with Crippen molar-refractivity contribution in [1.82, 2.24) is 5.32 Å². The maximum atomic E-state index is 12.2. The number of hydrogen-bond acceptors (Lipinski definition) is 3. The van der Waals surface area contributed by atoms with E-state index in [1.807, 2.05) is 31.2 Å². The number of para-hydroxylation sites is 1. The summed E-state index contributed by atoms with van der Waals surface area (Å²) >= 11 is 8.17. The Morgan fingerprint density at radius 3 is 2.65 bits per heavy atom. The van der Waals surface area contributed by atoms with Crippen LogP contribution in [-0.2, 0) is 0 Å². The van der Waals surface area contributed by atoms with Gasteiger partial charge in [0.1, 0.15) is 5.75 Å². The van der Waals surface area contributed by atoms with Crippen LogP contribution in [0.5, 0.6) is 5.75 Å². The van der Waals surface area contributed by atoms with Crippen molar-refractivity contribution >= 4 is 49.1 Å². The number of carbonyl (C=O) groups is 1. The van der Waals surface area contributed by atoms with E-state index in [1.54, 1.807) is 13.2 Å². The molecule has 6 heteroatoms. The molecule has 2 rings (SSSR count). The molecule has 0 aliphatic heterocycles. The summed E-state index contributed by atoms with van der Waals surface area (Å²) in [6, 6.07) is 9.35. The van der Waals surface area contributed by atoms with Crippen LogP contribution in [0.25, 0.3) is 0 Å². The van der Waals surface area contributed by atoms with Crippen molar-refractivity contribution in [2.24, 2.45) is 0 Å². The van der Waals surface area contributed by atoms with Crippen LogP contribution >= 0.6 is 43.2 Å². The molecule has 0 aliphatic carbocycles. The van der Waals surface area contributed by atoms with Crippen LogP contribution in [0.2, 0.25) is 0 Å². The second-order valence-corrected chi connectivity index (χ2v) is 7.39. The molecule has 1 aromatic heterocycles. The molecule has 1 N–H and O–H groups in total. The van der Waals surface area contributed by atoms with Gasteiger partial charge in [0.2, 0.25) is 0 Å². The van der Waals surface area contributed by atoms with Gasteiger partial charge in [-0.2, -0.15) is 0 Å². The molecular weight excluding hydrogens is 406 g/mol. The van der Waals surface area contributed by atoms with Gasteiger partial charge in [-0.1, -0.05) is 18.2 Å². The van der Waals surface area contributed by atoms with E-state index < -0.39 is 0 Å².